The fourth-order valence-corrected chi connectivity index (χ4v) is 5.10. The number of amides is 1. The fraction of sp³-hybridized carbons (Fsp3) is 0.556. The highest BCUT2D eigenvalue weighted by atomic mass is 16.5. The summed E-state index contributed by atoms with van der Waals surface area (Å²) in [6.07, 6.45) is 11.6. The Morgan fingerprint density at radius 1 is 1.06 bits per heavy atom. The molecule has 0 unspecified atom stereocenters. The van der Waals surface area contributed by atoms with E-state index < -0.39 is 0 Å². The van der Waals surface area contributed by atoms with Crippen molar-refractivity contribution in [3.63, 3.8) is 0 Å². The number of aromatic nitrogens is 1. The number of hydrogen-bond acceptors (Lipinski definition) is 4. The highest BCUT2D eigenvalue weighted by Gasteiger charge is 2.29. The normalized spacial score (nSPS) is 20.3. The van der Waals surface area contributed by atoms with Gasteiger partial charge in [-0.2, -0.15) is 0 Å². The van der Waals surface area contributed by atoms with Gasteiger partial charge in [-0.25, -0.2) is 4.98 Å². The Balaban J connectivity index is 1.14. The Labute approximate surface area is 191 Å². The van der Waals surface area contributed by atoms with Crippen LogP contribution in [0.5, 0.6) is 5.75 Å². The van der Waals surface area contributed by atoms with Crippen molar-refractivity contribution >= 4 is 5.91 Å². The molecule has 2 aromatic rings. The van der Waals surface area contributed by atoms with Crippen LogP contribution in [0, 0.1) is 11.8 Å². The van der Waals surface area contributed by atoms with Gasteiger partial charge in [0.15, 0.2) is 0 Å². The molecule has 0 aliphatic heterocycles. The predicted molar refractivity (Wildman–Crippen MR) is 126 cm³/mol. The molecule has 2 saturated carbocycles. The second kappa shape index (κ2) is 9.62. The van der Waals surface area contributed by atoms with Gasteiger partial charge in [-0.3, -0.25) is 4.79 Å². The second-order valence-electron chi connectivity index (χ2n) is 10.00. The van der Waals surface area contributed by atoms with Crippen LogP contribution in [0.3, 0.4) is 0 Å². The zero-order chi connectivity index (χ0) is 21.9. The Kier molecular flexibility index (Phi) is 6.44. The van der Waals surface area contributed by atoms with Gasteiger partial charge in [0.25, 0.3) is 5.91 Å². The van der Waals surface area contributed by atoms with Gasteiger partial charge in [0.1, 0.15) is 11.4 Å². The second-order valence-corrected chi connectivity index (χ2v) is 10.00. The van der Waals surface area contributed by atoms with E-state index in [-0.39, 0.29) is 11.9 Å². The largest absolute Gasteiger partial charge is 0.492 e. The number of hydrogen-bond donors (Lipinski definition) is 1. The lowest BCUT2D eigenvalue weighted by molar-refractivity contribution is 0.0731. The van der Waals surface area contributed by atoms with Crippen LogP contribution in [0.2, 0.25) is 0 Å². The van der Waals surface area contributed by atoms with Gasteiger partial charge >= 0.3 is 0 Å². The SMILES string of the molecule is CN(C(=O)c1ccc(OCC2CC2)cn1)[C@@H]1Cc2ccc(CNCC3CCCC3)cc2C1. The fourth-order valence-electron chi connectivity index (χ4n) is 5.10. The number of likely N-dealkylation sites (N-methyl/N-ethyl adjacent to an activating group) is 1. The lowest BCUT2D eigenvalue weighted by atomic mass is 10.1. The van der Waals surface area contributed by atoms with Crippen molar-refractivity contribution < 1.29 is 9.53 Å². The van der Waals surface area contributed by atoms with E-state index in [4.69, 9.17) is 4.74 Å². The summed E-state index contributed by atoms with van der Waals surface area (Å²) in [6, 6.07) is 10.7. The molecule has 1 heterocycles. The minimum Gasteiger partial charge on any atom is -0.492 e. The van der Waals surface area contributed by atoms with Crippen molar-refractivity contribution in [2.45, 2.75) is 64.0 Å². The van der Waals surface area contributed by atoms with Crippen LogP contribution < -0.4 is 10.1 Å². The summed E-state index contributed by atoms with van der Waals surface area (Å²) in [5.74, 6) is 2.30. The van der Waals surface area contributed by atoms with E-state index >= 15 is 0 Å². The Morgan fingerprint density at radius 3 is 2.62 bits per heavy atom. The van der Waals surface area contributed by atoms with Crippen molar-refractivity contribution in [1.82, 2.24) is 15.2 Å². The predicted octanol–water partition coefficient (Wildman–Crippen LogP) is 4.39. The minimum atomic E-state index is -0.0185. The van der Waals surface area contributed by atoms with Crippen LogP contribution in [0.25, 0.3) is 0 Å². The summed E-state index contributed by atoms with van der Waals surface area (Å²) >= 11 is 0. The van der Waals surface area contributed by atoms with Crippen molar-refractivity contribution in [2.24, 2.45) is 11.8 Å². The zero-order valence-corrected chi connectivity index (χ0v) is 19.2. The molecule has 3 aliphatic carbocycles. The average molecular weight is 434 g/mol. The molecule has 1 N–H and O–H groups in total. The van der Waals surface area contributed by atoms with E-state index in [0.717, 1.165) is 44.2 Å². The molecule has 5 nitrogen and oxygen atoms in total. The van der Waals surface area contributed by atoms with Gasteiger partial charge in [0, 0.05) is 19.6 Å². The maximum atomic E-state index is 13.0. The summed E-state index contributed by atoms with van der Waals surface area (Å²) in [7, 11) is 1.90. The number of carbonyl (C=O) groups excluding carboxylic acids is 1. The first-order valence-electron chi connectivity index (χ1n) is 12.3. The number of rotatable bonds is 9. The molecule has 1 aromatic heterocycles. The molecule has 0 saturated heterocycles. The van der Waals surface area contributed by atoms with E-state index in [1.54, 1.807) is 12.3 Å². The first kappa shape index (κ1) is 21.4. The number of ether oxygens (including phenoxy) is 1. The van der Waals surface area contributed by atoms with Gasteiger partial charge in [-0.15, -0.1) is 0 Å². The van der Waals surface area contributed by atoms with Gasteiger partial charge in [-0.05, 0) is 85.7 Å². The molecule has 0 radical (unpaired) electrons. The lowest BCUT2D eigenvalue weighted by Gasteiger charge is -2.24. The molecule has 1 aromatic carbocycles. The van der Waals surface area contributed by atoms with E-state index in [2.05, 4.69) is 28.5 Å². The number of pyridine rings is 1. The number of benzene rings is 1. The van der Waals surface area contributed by atoms with E-state index in [1.165, 1.54) is 55.2 Å². The van der Waals surface area contributed by atoms with E-state index in [0.29, 0.717) is 11.6 Å². The third kappa shape index (κ3) is 5.15. The Bertz CT molecular complexity index is 932. The van der Waals surface area contributed by atoms with Crippen LogP contribution in [-0.4, -0.2) is 42.0 Å². The number of carbonyl (C=O) groups is 1. The van der Waals surface area contributed by atoms with Crippen LogP contribution in [0.4, 0.5) is 0 Å². The maximum Gasteiger partial charge on any atom is 0.272 e. The van der Waals surface area contributed by atoms with Crippen molar-refractivity contribution in [3.05, 3.63) is 58.9 Å². The molecule has 1 atom stereocenters. The summed E-state index contributed by atoms with van der Waals surface area (Å²) < 4.78 is 5.74. The summed E-state index contributed by atoms with van der Waals surface area (Å²) in [4.78, 5) is 19.3. The molecule has 5 heteroatoms. The molecule has 0 spiro atoms. The van der Waals surface area contributed by atoms with Gasteiger partial charge in [-0.1, -0.05) is 31.0 Å². The van der Waals surface area contributed by atoms with E-state index in [1.807, 2.05) is 18.0 Å². The third-order valence-corrected chi connectivity index (χ3v) is 7.42. The number of nitrogens with one attached hydrogen (secondary N) is 1. The standard InChI is InChI=1S/C27H35N3O2/c1-30(27(31)26-11-10-25(17-29-26)32-18-20-6-7-20)24-13-22-9-8-21(12-23(22)14-24)16-28-15-19-4-2-3-5-19/h8-12,17,19-20,24,28H,2-7,13-16,18H2,1H3/t24-/m1/s1. The Hall–Kier alpha value is -2.40. The first-order valence-corrected chi connectivity index (χ1v) is 12.3. The number of nitrogens with zero attached hydrogens (tertiary/aromatic N) is 2. The van der Waals surface area contributed by atoms with Crippen molar-refractivity contribution in [2.75, 3.05) is 20.2 Å². The summed E-state index contributed by atoms with van der Waals surface area (Å²) in [5.41, 5.74) is 4.58. The molecular weight excluding hydrogens is 398 g/mol. The quantitative estimate of drug-likeness (QED) is 0.637. The first-order chi connectivity index (χ1) is 15.7. The highest BCUT2D eigenvalue weighted by molar-refractivity contribution is 5.92. The summed E-state index contributed by atoms with van der Waals surface area (Å²) in [5, 5.41) is 3.65. The Morgan fingerprint density at radius 2 is 1.88 bits per heavy atom. The van der Waals surface area contributed by atoms with Crippen LogP contribution >= 0.6 is 0 Å². The molecule has 1 amide bonds. The average Bonchev–Trinajstić information content (AvgIpc) is 3.31. The minimum absolute atomic E-state index is 0.0185. The smallest absolute Gasteiger partial charge is 0.272 e. The molecule has 170 valence electrons. The monoisotopic (exact) mass is 433 g/mol. The van der Waals surface area contributed by atoms with Crippen molar-refractivity contribution in [1.29, 1.82) is 0 Å². The van der Waals surface area contributed by atoms with Crippen molar-refractivity contribution in [3.8, 4) is 5.75 Å². The summed E-state index contributed by atoms with van der Waals surface area (Å²) in [6.45, 7) is 2.82. The zero-order valence-electron chi connectivity index (χ0n) is 19.2. The van der Waals surface area contributed by atoms with Gasteiger partial charge < -0.3 is 15.0 Å². The van der Waals surface area contributed by atoms with Crippen LogP contribution in [0.15, 0.2) is 36.5 Å². The molecule has 0 bridgehead atoms. The number of fused-ring (bicyclic) bond motifs is 1. The van der Waals surface area contributed by atoms with Gasteiger partial charge in [0.2, 0.25) is 0 Å². The topological polar surface area (TPSA) is 54.5 Å². The van der Waals surface area contributed by atoms with Gasteiger partial charge in [0.05, 0.1) is 12.8 Å². The maximum absolute atomic E-state index is 13.0. The molecule has 5 rings (SSSR count). The lowest BCUT2D eigenvalue weighted by Crippen LogP contribution is -2.38. The molecule has 32 heavy (non-hydrogen) atoms. The third-order valence-electron chi connectivity index (χ3n) is 7.42. The van der Waals surface area contributed by atoms with Crippen LogP contribution in [-0.2, 0) is 19.4 Å². The van der Waals surface area contributed by atoms with E-state index in [9.17, 15) is 4.79 Å². The molecular formula is C27H35N3O2. The molecule has 2 fully saturated rings. The molecule has 3 aliphatic rings. The highest BCUT2D eigenvalue weighted by Crippen LogP contribution is 2.30. The van der Waals surface area contributed by atoms with Crippen LogP contribution in [0.1, 0.15) is 65.7 Å².